The molecule has 6 nitrogen and oxygen atoms in total. The molecule has 5 rings (SSSR count). The molecule has 156 valence electrons. The van der Waals surface area contributed by atoms with Crippen molar-refractivity contribution < 1.29 is 4.79 Å². The lowest BCUT2D eigenvalue weighted by molar-refractivity contribution is 0.0940. The fourth-order valence-corrected chi connectivity index (χ4v) is 5.01. The standard InChI is InChI=1S/C23H20ClN5OS/c24-16-8-6-15(7-9-16)21(30)26-17-10-11-29(13-17)20-18-12-19(14-4-2-1-3-5-14)31-22(18)28-23(25)27-20/h1-9,12,17H,10-11,13H2,(H,26,30)(H2,25,27,28)/t17-/m1/s1. The number of hydrogen-bond acceptors (Lipinski definition) is 6. The molecule has 0 spiro atoms. The van der Waals surface area contributed by atoms with Gasteiger partial charge >= 0.3 is 0 Å². The summed E-state index contributed by atoms with van der Waals surface area (Å²) in [6, 6.07) is 19.3. The predicted molar refractivity (Wildman–Crippen MR) is 127 cm³/mol. The van der Waals surface area contributed by atoms with Gasteiger partial charge in [-0.05, 0) is 42.3 Å². The van der Waals surface area contributed by atoms with E-state index >= 15 is 0 Å². The quantitative estimate of drug-likeness (QED) is 0.475. The number of nitrogen functional groups attached to an aromatic ring is 1. The van der Waals surface area contributed by atoms with Gasteiger partial charge < -0.3 is 16.0 Å². The molecule has 1 fully saturated rings. The molecule has 0 aliphatic carbocycles. The highest BCUT2D eigenvalue weighted by Gasteiger charge is 2.27. The number of benzene rings is 2. The minimum absolute atomic E-state index is 0.0293. The average Bonchev–Trinajstić information content (AvgIpc) is 3.41. The summed E-state index contributed by atoms with van der Waals surface area (Å²) in [5.41, 5.74) is 7.76. The van der Waals surface area contributed by atoms with Crippen molar-refractivity contribution in [2.45, 2.75) is 12.5 Å². The maximum Gasteiger partial charge on any atom is 0.251 e. The van der Waals surface area contributed by atoms with Gasteiger partial charge in [0.15, 0.2) is 0 Å². The molecule has 31 heavy (non-hydrogen) atoms. The first-order valence-electron chi connectivity index (χ1n) is 10.0. The molecule has 2 aromatic carbocycles. The molecule has 0 saturated carbocycles. The maximum atomic E-state index is 12.6. The Morgan fingerprint density at radius 1 is 1.13 bits per heavy atom. The van der Waals surface area contributed by atoms with E-state index in [9.17, 15) is 4.79 Å². The van der Waals surface area contributed by atoms with Gasteiger partial charge in [-0.25, -0.2) is 4.98 Å². The molecule has 1 saturated heterocycles. The van der Waals surface area contributed by atoms with Gasteiger partial charge in [-0.3, -0.25) is 4.79 Å². The normalized spacial score (nSPS) is 16.0. The molecule has 0 radical (unpaired) electrons. The van der Waals surface area contributed by atoms with Crippen LogP contribution >= 0.6 is 22.9 Å². The lowest BCUT2D eigenvalue weighted by Crippen LogP contribution is -2.37. The van der Waals surface area contributed by atoms with Crippen LogP contribution in [-0.2, 0) is 0 Å². The van der Waals surface area contributed by atoms with Crippen LogP contribution in [0.4, 0.5) is 11.8 Å². The summed E-state index contributed by atoms with van der Waals surface area (Å²) in [6.45, 7) is 1.45. The van der Waals surface area contributed by atoms with E-state index in [1.807, 2.05) is 18.2 Å². The number of fused-ring (bicyclic) bond motifs is 1. The van der Waals surface area contributed by atoms with Crippen molar-refractivity contribution >= 4 is 50.8 Å². The zero-order valence-corrected chi connectivity index (χ0v) is 18.2. The zero-order chi connectivity index (χ0) is 21.4. The number of carbonyl (C=O) groups excluding carboxylic acids is 1. The van der Waals surface area contributed by atoms with Crippen LogP contribution in [0.3, 0.4) is 0 Å². The zero-order valence-electron chi connectivity index (χ0n) is 16.6. The molecule has 1 atom stereocenters. The Hall–Kier alpha value is -3.16. The Bertz CT molecular complexity index is 1240. The summed E-state index contributed by atoms with van der Waals surface area (Å²) < 4.78 is 0. The first-order valence-corrected chi connectivity index (χ1v) is 11.2. The summed E-state index contributed by atoms with van der Waals surface area (Å²) >= 11 is 7.52. The summed E-state index contributed by atoms with van der Waals surface area (Å²) in [6.07, 6.45) is 0.834. The van der Waals surface area contributed by atoms with Gasteiger partial charge in [0.25, 0.3) is 5.91 Å². The SMILES string of the molecule is Nc1nc(N2CC[C@@H](NC(=O)c3ccc(Cl)cc3)C2)c2cc(-c3ccccc3)sc2n1. The van der Waals surface area contributed by atoms with Gasteiger partial charge in [0.1, 0.15) is 10.6 Å². The summed E-state index contributed by atoms with van der Waals surface area (Å²) in [4.78, 5) is 25.7. The van der Waals surface area contributed by atoms with E-state index in [1.54, 1.807) is 35.6 Å². The van der Waals surface area contributed by atoms with Crippen molar-refractivity contribution in [3.05, 3.63) is 71.2 Å². The van der Waals surface area contributed by atoms with Crippen LogP contribution in [0.15, 0.2) is 60.7 Å². The van der Waals surface area contributed by atoms with Gasteiger partial charge in [0, 0.05) is 34.6 Å². The molecule has 3 heterocycles. The number of anilines is 2. The largest absolute Gasteiger partial charge is 0.368 e. The molecular formula is C23H20ClN5OS. The highest BCUT2D eigenvalue weighted by atomic mass is 35.5. The van der Waals surface area contributed by atoms with Crippen LogP contribution in [0.5, 0.6) is 0 Å². The van der Waals surface area contributed by atoms with E-state index in [0.717, 1.165) is 39.4 Å². The van der Waals surface area contributed by atoms with E-state index in [1.165, 1.54) is 0 Å². The second-order valence-electron chi connectivity index (χ2n) is 7.51. The third-order valence-corrected chi connectivity index (χ3v) is 6.71. The maximum absolute atomic E-state index is 12.6. The fraction of sp³-hybridized carbons (Fsp3) is 0.174. The van der Waals surface area contributed by atoms with Crippen molar-refractivity contribution in [2.75, 3.05) is 23.7 Å². The smallest absolute Gasteiger partial charge is 0.251 e. The van der Waals surface area contributed by atoms with Crippen molar-refractivity contribution in [3.63, 3.8) is 0 Å². The molecule has 1 aliphatic rings. The van der Waals surface area contributed by atoms with E-state index in [0.29, 0.717) is 17.1 Å². The molecule has 1 aliphatic heterocycles. The van der Waals surface area contributed by atoms with Gasteiger partial charge in [-0.2, -0.15) is 4.98 Å². The minimum Gasteiger partial charge on any atom is -0.368 e. The number of nitrogens with zero attached hydrogens (tertiary/aromatic N) is 3. The molecule has 4 aromatic rings. The summed E-state index contributed by atoms with van der Waals surface area (Å²) in [5, 5.41) is 4.71. The van der Waals surface area contributed by atoms with E-state index in [2.05, 4.69) is 38.4 Å². The lowest BCUT2D eigenvalue weighted by atomic mass is 10.2. The fourth-order valence-electron chi connectivity index (χ4n) is 3.85. The predicted octanol–water partition coefficient (Wildman–Crippen LogP) is 4.60. The minimum atomic E-state index is -0.0993. The van der Waals surface area contributed by atoms with Gasteiger partial charge in [0.2, 0.25) is 5.95 Å². The van der Waals surface area contributed by atoms with Gasteiger partial charge in [0.05, 0.1) is 5.39 Å². The number of aromatic nitrogens is 2. The number of hydrogen-bond donors (Lipinski definition) is 2. The number of halogens is 1. The van der Waals surface area contributed by atoms with Crippen LogP contribution in [0.1, 0.15) is 16.8 Å². The topological polar surface area (TPSA) is 84.1 Å². The molecular weight excluding hydrogens is 430 g/mol. The third-order valence-electron chi connectivity index (χ3n) is 5.38. The highest BCUT2D eigenvalue weighted by molar-refractivity contribution is 7.22. The highest BCUT2D eigenvalue weighted by Crippen LogP contribution is 2.37. The molecule has 0 bridgehead atoms. The van der Waals surface area contributed by atoms with Gasteiger partial charge in [-0.1, -0.05) is 41.9 Å². The number of nitrogens with two attached hydrogens (primary N) is 1. The Morgan fingerprint density at radius 3 is 2.68 bits per heavy atom. The second kappa shape index (κ2) is 8.17. The Kier molecular flexibility index (Phi) is 5.21. The van der Waals surface area contributed by atoms with E-state index in [-0.39, 0.29) is 17.9 Å². The molecule has 2 aromatic heterocycles. The molecule has 0 unspecified atom stereocenters. The third kappa shape index (κ3) is 4.06. The van der Waals surface area contributed by atoms with Crippen LogP contribution in [0.2, 0.25) is 5.02 Å². The Labute approximate surface area is 188 Å². The monoisotopic (exact) mass is 449 g/mol. The number of rotatable bonds is 4. The van der Waals surface area contributed by atoms with Crippen LogP contribution in [-0.4, -0.2) is 35.0 Å². The van der Waals surface area contributed by atoms with Crippen LogP contribution < -0.4 is 16.0 Å². The van der Waals surface area contributed by atoms with Gasteiger partial charge in [-0.15, -0.1) is 11.3 Å². The Morgan fingerprint density at radius 2 is 1.90 bits per heavy atom. The van der Waals surface area contributed by atoms with Crippen molar-refractivity contribution in [1.29, 1.82) is 0 Å². The van der Waals surface area contributed by atoms with Crippen molar-refractivity contribution in [2.24, 2.45) is 0 Å². The first-order chi connectivity index (χ1) is 15.1. The van der Waals surface area contributed by atoms with Crippen molar-refractivity contribution in [1.82, 2.24) is 15.3 Å². The van der Waals surface area contributed by atoms with Crippen molar-refractivity contribution in [3.8, 4) is 10.4 Å². The summed E-state index contributed by atoms with van der Waals surface area (Å²) in [5.74, 6) is 0.986. The molecule has 3 N–H and O–H groups in total. The number of nitrogens with one attached hydrogen (secondary N) is 1. The first kappa shape index (κ1) is 19.8. The Balaban J connectivity index is 1.38. The number of carbonyl (C=O) groups is 1. The summed E-state index contributed by atoms with van der Waals surface area (Å²) in [7, 11) is 0. The number of amides is 1. The average molecular weight is 450 g/mol. The molecule has 1 amide bonds. The number of thiophene rings is 1. The van der Waals surface area contributed by atoms with E-state index in [4.69, 9.17) is 17.3 Å². The lowest BCUT2D eigenvalue weighted by Gasteiger charge is -2.19. The molecule has 8 heteroatoms. The van der Waals surface area contributed by atoms with E-state index < -0.39 is 0 Å². The van der Waals surface area contributed by atoms with Crippen LogP contribution in [0.25, 0.3) is 20.7 Å². The van der Waals surface area contributed by atoms with Crippen LogP contribution in [0, 0.1) is 0 Å². The second-order valence-corrected chi connectivity index (χ2v) is 8.98.